The van der Waals surface area contributed by atoms with Crippen molar-refractivity contribution >= 4 is 18.0 Å². The third kappa shape index (κ3) is 7.18. The van der Waals surface area contributed by atoms with Gasteiger partial charge in [0.2, 0.25) is 0 Å². The standard InChI is InChI=1S/C23H25NO5/c1-4-15-28-20-12-9-18(10-13-20)11-14-23(26)29-17-22(25)24(2)16-19-7-5-6-8-21(19)27-3/h4-14H,1,15-17H2,2-3H3/b14-11+. The Bertz CT molecular complexity index is 858. The Morgan fingerprint density at radius 2 is 1.83 bits per heavy atom. The molecular formula is C23H25NO5. The molecule has 1 amide bonds. The minimum Gasteiger partial charge on any atom is -0.496 e. The number of hydrogen-bond acceptors (Lipinski definition) is 5. The van der Waals surface area contributed by atoms with E-state index in [4.69, 9.17) is 14.2 Å². The molecule has 0 bridgehead atoms. The highest BCUT2D eigenvalue weighted by Crippen LogP contribution is 2.18. The molecule has 0 radical (unpaired) electrons. The predicted molar refractivity (Wildman–Crippen MR) is 112 cm³/mol. The summed E-state index contributed by atoms with van der Waals surface area (Å²) in [5, 5.41) is 0. The van der Waals surface area contributed by atoms with Crippen LogP contribution in [-0.4, -0.2) is 44.1 Å². The predicted octanol–water partition coefficient (Wildman–Crippen LogP) is 3.48. The normalized spacial score (nSPS) is 10.4. The Balaban J connectivity index is 1.80. The molecule has 29 heavy (non-hydrogen) atoms. The maximum atomic E-state index is 12.2. The summed E-state index contributed by atoms with van der Waals surface area (Å²) in [7, 11) is 3.23. The van der Waals surface area contributed by atoms with Gasteiger partial charge < -0.3 is 19.1 Å². The van der Waals surface area contributed by atoms with Gasteiger partial charge in [-0.05, 0) is 29.8 Å². The van der Waals surface area contributed by atoms with Gasteiger partial charge in [-0.15, -0.1) is 0 Å². The molecule has 2 aromatic carbocycles. The minimum atomic E-state index is -0.587. The number of likely N-dealkylation sites (N-methyl/N-ethyl adjacent to an activating group) is 1. The lowest BCUT2D eigenvalue weighted by Gasteiger charge is -2.18. The number of ether oxygens (including phenoxy) is 3. The summed E-state index contributed by atoms with van der Waals surface area (Å²) < 4.78 is 15.7. The lowest BCUT2D eigenvalue weighted by atomic mass is 10.2. The maximum absolute atomic E-state index is 12.2. The molecule has 152 valence electrons. The fraction of sp³-hybridized carbons (Fsp3) is 0.217. The Morgan fingerprint density at radius 3 is 2.52 bits per heavy atom. The second-order valence-corrected chi connectivity index (χ2v) is 6.17. The van der Waals surface area contributed by atoms with Gasteiger partial charge in [-0.3, -0.25) is 4.79 Å². The number of para-hydroxylation sites is 1. The van der Waals surface area contributed by atoms with E-state index in [9.17, 15) is 9.59 Å². The van der Waals surface area contributed by atoms with Crippen molar-refractivity contribution in [2.75, 3.05) is 27.4 Å². The van der Waals surface area contributed by atoms with Gasteiger partial charge in [-0.1, -0.05) is 43.0 Å². The van der Waals surface area contributed by atoms with E-state index >= 15 is 0 Å². The number of nitrogens with zero attached hydrogens (tertiary/aromatic N) is 1. The first-order valence-corrected chi connectivity index (χ1v) is 9.08. The SMILES string of the molecule is C=CCOc1ccc(/C=C/C(=O)OCC(=O)N(C)Cc2ccccc2OC)cc1. The van der Waals surface area contributed by atoms with Gasteiger partial charge in [-0.2, -0.15) is 0 Å². The Morgan fingerprint density at radius 1 is 1.10 bits per heavy atom. The summed E-state index contributed by atoms with van der Waals surface area (Å²) in [6, 6.07) is 14.7. The van der Waals surface area contributed by atoms with Crippen LogP contribution in [0.1, 0.15) is 11.1 Å². The summed E-state index contributed by atoms with van der Waals surface area (Å²) in [5.74, 6) is 0.527. The molecule has 0 heterocycles. The van der Waals surface area contributed by atoms with Crippen LogP contribution < -0.4 is 9.47 Å². The molecule has 0 aliphatic carbocycles. The Labute approximate surface area is 171 Å². The van der Waals surface area contributed by atoms with Crippen molar-refractivity contribution in [1.82, 2.24) is 4.90 Å². The van der Waals surface area contributed by atoms with Gasteiger partial charge in [0.1, 0.15) is 18.1 Å². The van der Waals surface area contributed by atoms with Crippen molar-refractivity contribution in [3.05, 3.63) is 78.4 Å². The molecule has 6 nitrogen and oxygen atoms in total. The van der Waals surface area contributed by atoms with Gasteiger partial charge in [0, 0.05) is 25.2 Å². The minimum absolute atomic E-state index is 0.304. The molecule has 0 fully saturated rings. The zero-order chi connectivity index (χ0) is 21.1. The summed E-state index contributed by atoms with van der Waals surface area (Å²) in [6.45, 7) is 4.05. The zero-order valence-electron chi connectivity index (χ0n) is 16.7. The third-order valence-corrected chi connectivity index (χ3v) is 4.02. The van der Waals surface area contributed by atoms with Crippen LogP contribution in [0.3, 0.4) is 0 Å². The summed E-state index contributed by atoms with van der Waals surface area (Å²) in [5.41, 5.74) is 1.69. The largest absolute Gasteiger partial charge is 0.496 e. The number of carbonyl (C=O) groups excluding carboxylic acids is 2. The van der Waals surface area contributed by atoms with E-state index in [0.29, 0.717) is 24.7 Å². The third-order valence-electron chi connectivity index (χ3n) is 4.02. The van der Waals surface area contributed by atoms with Gasteiger partial charge in [0.05, 0.1) is 7.11 Å². The van der Waals surface area contributed by atoms with Gasteiger partial charge in [-0.25, -0.2) is 4.79 Å². The Hall–Kier alpha value is -3.54. The second-order valence-electron chi connectivity index (χ2n) is 6.17. The molecule has 0 aliphatic rings. The number of rotatable bonds is 10. The molecule has 0 saturated carbocycles. The average molecular weight is 395 g/mol. The van der Waals surface area contributed by atoms with Gasteiger partial charge in [0.15, 0.2) is 6.61 Å². The highest BCUT2D eigenvalue weighted by atomic mass is 16.5. The zero-order valence-corrected chi connectivity index (χ0v) is 16.7. The van der Waals surface area contributed by atoms with E-state index in [1.54, 1.807) is 38.4 Å². The number of benzene rings is 2. The molecule has 0 N–H and O–H groups in total. The topological polar surface area (TPSA) is 65.1 Å². The number of hydrogen-bond donors (Lipinski definition) is 0. The van der Waals surface area contributed by atoms with Crippen molar-refractivity contribution in [2.45, 2.75) is 6.54 Å². The van der Waals surface area contributed by atoms with Crippen LogP contribution in [0.4, 0.5) is 0 Å². The smallest absolute Gasteiger partial charge is 0.331 e. The van der Waals surface area contributed by atoms with E-state index in [2.05, 4.69) is 6.58 Å². The molecule has 0 aromatic heterocycles. The van der Waals surface area contributed by atoms with Gasteiger partial charge >= 0.3 is 5.97 Å². The summed E-state index contributed by atoms with van der Waals surface area (Å²) in [4.78, 5) is 25.6. The Kier molecular flexibility index (Phi) is 8.51. The molecule has 0 spiro atoms. The summed E-state index contributed by atoms with van der Waals surface area (Å²) in [6.07, 6.45) is 4.56. The fourth-order valence-electron chi connectivity index (χ4n) is 2.46. The molecule has 0 saturated heterocycles. The second kappa shape index (κ2) is 11.3. The number of methoxy groups -OCH3 is 1. The maximum Gasteiger partial charge on any atom is 0.331 e. The number of esters is 1. The van der Waals surface area contributed by atoms with E-state index < -0.39 is 5.97 Å². The number of carbonyl (C=O) groups is 2. The molecular weight excluding hydrogens is 370 g/mol. The van der Waals surface area contributed by atoms with Crippen LogP contribution in [0.2, 0.25) is 0 Å². The van der Waals surface area contributed by atoms with Crippen LogP contribution in [0.25, 0.3) is 6.08 Å². The van der Waals surface area contributed by atoms with Crippen LogP contribution >= 0.6 is 0 Å². The molecule has 0 atom stereocenters. The van der Waals surface area contributed by atoms with E-state index in [1.807, 2.05) is 36.4 Å². The molecule has 2 rings (SSSR count). The van der Waals surface area contributed by atoms with Crippen LogP contribution in [0.5, 0.6) is 11.5 Å². The van der Waals surface area contributed by atoms with Crippen molar-refractivity contribution in [3.8, 4) is 11.5 Å². The van der Waals surface area contributed by atoms with Crippen LogP contribution in [0.15, 0.2) is 67.3 Å². The van der Waals surface area contributed by atoms with E-state index in [0.717, 1.165) is 11.1 Å². The van der Waals surface area contributed by atoms with E-state index in [-0.39, 0.29) is 12.5 Å². The number of amides is 1. The van der Waals surface area contributed by atoms with Crippen molar-refractivity contribution in [1.29, 1.82) is 0 Å². The van der Waals surface area contributed by atoms with Crippen molar-refractivity contribution in [3.63, 3.8) is 0 Å². The molecule has 0 unspecified atom stereocenters. The van der Waals surface area contributed by atoms with E-state index in [1.165, 1.54) is 11.0 Å². The first-order chi connectivity index (χ1) is 14.0. The molecule has 0 aliphatic heterocycles. The lowest BCUT2D eigenvalue weighted by molar-refractivity contribution is -0.147. The quantitative estimate of drug-likeness (QED) is 0.350. The molecule has 2 aromatic rings. The van der Waals surface area contributed by atoms with Crippen molar-refractivity contribution in [2.24, 2.45) is 0 Å². The highest BCUT2D eigenvalue weighted by Gasteiger charge is 2.13. The first kappa shape index (κ1) is 21.8. The van der Waals surface area contributed by atoms with Crippen LogP contribution in [-0.2, 0) is 20.9 Å². The van der Waals surface area contributed by atoms with Crippen molar-refractivity contribution < 1.29 is 23.8 Å². The average Bonchev–Trinajstić information content (AvgIpc) is 2.75. The first-order valence-electron chi connectivity index (χ1n) is 9.08. The van der Waals surface area contributed by atoms with Crippen LogP contribution in [0, 0.1) is 0 Å². The lowest BCUT2D eigenvalue weighted by Crippen LogP contribution is -2.30. The monoisotopic (exact) mass is 395 g/mol. The summed E-state index contributed by atoms with van der Waals surface area (Å²) >= 11 is 0. The van der Waals surface area contributed by atoms with Gasteiger partial charge in [0.25, 0.3) is 5.91 Å². The fourth-order valence-corrected chi connectivity index (χ4v) is 2.46. The highest BCUT2D eigenvalue weighted by molar-refractivity contribution is 5.89. The molecule has 6 heteroatoms.